The van der Waals surface area contributed by atoms with Gasteiger partial charge in [-0.2, -0.15) is 0 Å². The van der Waals surface area contributed by atoms with E-state index in [1.165, 1.54) is 16.7 Å². The number of aliphatic hydroxyl groups excluding tert-OH is 1. The number of likely N-dealkylation sites (N-methyl/N-ethyl adjacent to an activating group) is 1. The monoisotopic (exact) mass is 349 g/mol. The van der Waals surface area contributed by atoms with Crippen LogP contribution in [0.2, 0.25) is 0 Å². The number of benzene rings is 1. The van der Waals surface area contributed by atoms with Crippen LogP contribution in [-0.4, -0.2) is 30.6 Å². The quantitative estimate of drug-likeness (QED) is 0.843. The summed E-state index contributed by atoms with van der Waals surface area (Å²) in [7, 11) is 4.16. The summed E-state index contributed by atoms with van der Waals surface area (Å²) >= 11 is 0. The molecule has 0 fully saturated rings. The second-order valence-corrected chi connectivity index (χ2v) is 4.66. The minimum Gasteiger partial charge on any atom is -0.392 e. The minimum absolute atomic E-state index is 0. The van der Waals surface area contributed by atoms with Gasteiger partial charge in [-0.15, -0.1) is 24.8 Å². The first-order valence-corrected chi connectivity index (χ1v) is 5.95. The SMILES string of the molecule is CN(C)CC1=C(c2ccccc2CO)CC=C1.Cl.Cl.[Ti]. The molecule has 110 valence electrons. The van der Waals surface area contributed by atoms with Gasteiger partial charge in [-0.3, -0.25) is 0 Å². The summed E-state index contributed by atoms with van der Waals surface area (Å²) < 4.78 is 0. The first-order chi connectivity index (χ1) is 8.22. The number of hydrogen-bond donors (Lipinski definition) is 1. The van der Waals surface area contributed by atoms with Gasteiger partial charge in [0, 0.05) is 28.3 Å². The average molecular weight is 350 g/mol. The zero-order valence-corrected chi connectivity index (χ0v) is 15.0. The molecule has 0 aromatic heterocycles. The smallest absolute Gasteiger partial charge is 0.0687 e. The van der Waals surface area contributed by atoms with E-state index in [4.69, 9.17) is 0 Å². The number of nitrogens with zero attached hydrogens (tertiary/aromatic N) is 1. The van der Waals surface area contributed by atoms with Crippen LogP contribution in [0, 0.1) is 0 Å². The van der Waals surface area contributed by atoms with Crippen molar-refractivity contribution in [2.24, 2.45) is 0 Å². The second-order valence-electron chi connectivity index (χ2n) is 4.66. The molecule has 1 N–H and O–H groups in total. The molecule has 0 saturated carbocycles. The van der Waals surface area contributed by atoms with Crippen LogP contribution in [0.5, 0.6) is 0 Å². The van der Waals surface area contributed by atoms with E-state index in [2.05, 4.69) is 37.2 Å². The van der Waals surface area contributed by atoms with Crippen molar-refractivity contribution in [3.8, 4) is 0 Å². The van der Waals surface area contributed by atoms with Crippen LogP contribution in [0.1, 0.15) is 17.5 Å². The van der Waals surface area contributed by atoms with Crippen molar-refractivity contribution < 1.29 is 26.8 Å². The average Bonchev–Trinajstić information content (AvgIpc) is 2.76. The molecule has 0 atom stereocenters. The van der Waals surface area contributed by atoms with Crippen molar-refractivity contribution in [3.05, 3.63) is 53.1 Å². The molecule has 0 amide bonds. The third-order valence-electron chi connectivity index (χ3n) is 3.03. The van der Waals surface area contributed by atoms with Crippen LogP contribution in [0.3, 0.4) is 0 Å². The van der Waals surface area contributed by atoms with Crippen molar-refractivity contribution in [1.29, 1.82) is 0 Å². The number of rotatable bonds is 4. The topological polar surface area (TPSA) is 23.5 Å². The van der Waals surface area contributed by atoms with E-state index in [9.17, 15) is 5.11 Å². The molecule has 0 spiro atoms. The number of allylic oxidation sites excluding steroid dienone is 2. The van der Waals surface area contributed by atoms with Gasteiger partial charge in [0.15, 0.2) is 0 Å². The van der Waals surface area contributed by atoms with Gasteiger partial charge < -0.3 is 10.0 Å². The molecule has 0 aliphatic heterocycles. The summed E-state index contributed by atoms with van der Waals surface area (Å²) in [6, 6.07) is 8.11. The van der Waals surface area contributed by atoms with Crippen LogP contribution >= 0.6 is 24.8 Å². The van der Waals surface area contributed by atoms with Crippen molar-refractivity contribution in [2.75, 3.05) is 20.6 Å². The molecule has 5 heteroatoms. The Labute approximate surface area is 148 Å². The Morgan fingerprint density at radius 2 is 1.80 bits per heavy atom. The first kappa shape index (κ1) is 22.2. The number of aliphatic hydroxyl groups is 1. The Bertz CT molecular complexity index is 473. The Kier molecular flexibility index (Phi) is 11.8. The third-order valence-corrected chi connectivity index (χ3v) is 3.03. The normalized spacial score (nSPS) is 12.8. The molecule has 1 aliphatic carbocycles. The van der Waals surface area contributed by atoms with E-state index < -0.39 is 0 Å². The van der Waals surface area contributed by atoms with Crippen LogP contribution in [0.25, 0.3) is 5.57 Å². The molecule has 20 heavy (non-hydrogen) atoms. The maximum Gasteiger partial charge on any atom is 0.0687 e. The van der Waals surface area contributed by atoms with Gasteiger partial charge in [0.2, 0.25) is 0 Å². The fourth-order valence-electron chi connectivity index (χ4n) is 2.28. The molecule has 0 saturated heterocycles. The summed E-state index contributed by atoms with van der Waals surface area (Å²) in [4.78, 5) is 2.17. The maximum atomic E-state index is 9.39. The molecule has 0 bridgehead atoms. The summed E-state index contributed by atoms with van der Waals surface area (Å²) in [5.41, 5.74) is 4.92. The molecular formula is C15H21Cl2NOTi. The Morgan fingerprint density at radius 1 is 1.15 bits per heavy atom. The van der Waals surface area contributed by atoms with E-state index >= 15 is 0 Å². The summed E-state index contributed by atoms with van der Waals surface area (Å²) in [6.45, 7) is 1.06. The van der Waals surface area contributed by atoms with Crippen LogP contribution < -0.4 is 0 Å². The summed E-state index contributed by atoms with van der Waals surface area (Å²) in [5.74, 6) is 0. The third kappa shape index (κ3) is 5.36. The molecule has 1 aromatic carbocycles. The molecule has 2 nitrogen and oxygen atoms in total. The van der Waals surface area contributed by atoms with E-state index in [1.807, 2.05) is 18.2 Å². The standard InChI is InChI=1S/C15H19NO.2ClH.Ti/c1-16(2)10-12-7-5-9-14(12)15-8-4-3-6-13(15)11-17;;;/h3-8,17H,9-11H2,1-2H3;2*1H;. The van der Waals surface area contributed by atoms with Crippen molar-refractivity contribution in [3.63, 3.8) is 0 Å². The first-order valence-electron chi connectivity index (χ1n) is 5.95. The Morgan fingerprint density at radius 3 is 2.40 bits per heavy atom. The summed E-state index contributed by atoms with van der Waals surface area (Å²) in [6.07, 6.45) is 5.37. The predicted octanol–water partition coefficient (Wildman–Crippen LogP) is 3.30. The van der Waals surface area contributed by atoms with E-state index in [0.717, 1.165) is 18.5 Å². The number of hydrogen-bond acceptors (Lipinski definition) is 2. The van der Waals surface area contributed by atoms with Crippen LogP contribution in [0.4, 0.5) is 0 Å². The van der Waals surface area contributed by atoms with Gasteiger partial charge in [0.1, 0.15) is 0 Å². The van der Waals surface area contributed by atoms with Crippen molar-refractivity contribution >= 4 is 30.4 Å². The van der Waals surface area contributed by atoms with Gasteiger partial charge in [-0.25, -0.2) is 0 Å². The predicted molar refractivity (Wildman–Crippen MR) is 86.1 cm³/mol. The molecule has 0 heterocycles. The molecule has 0 unspecified atom stereocenters. The van der Waals surface area contributed by atoms with Gasteiger partial charge in [0.25, 0.3) is 0 Å². The zero-order chi connectivity index (χ0) is 12.3. The number of halogens is 2. The molecule has 1 aromatic rings. The summed E-state index contributed by atoms with van der Waals surface area (Å²) in [5, 5.41) is 9.39. The molecule has 2 rings (SSSR count). The van der Waals surface area contributed by atoms with Crippen molar-refractivity contribution in [1.82, 2.24) is 4.90 Å². The van der Waals surface area contributed by atoms with Gasteiger partial charge in [-0.05, 0) is 42.8 Å². The minimum atomic E-state index is 0. The van der Waals surface area contributed by atoms with Crippen molar-refractivity contribution in [2.45, 2.75) is 13.0 Å². The van der Waals surface area contributed by atoms with E-state index in [-0.39, 0.29) is 53.1 Å². The largest absolute Gasteiger partial charge is 0.392 e. The molecular weight excluding hydrogens is 329 g/mol. The van der Waals surface area contributed by atoms with Gasteiger partial charge >= 0.3 is 0 Å². The zero-order valence-electron chi connectivity index (χ0n) is 11.8. The molecule has 0 radical (unpaired) electrons. The van der Waals surface area contributed by atoms with E-state index in [1.54, 1.807) is 0 Å². The fraction of sp³-hybridized carbons (Fsp3) is 0.333. The van der Waals surface area contributed by atoms with Gasteiger partial charge in [-0.1, -0.05) is 36.4 Å². The van der Waals surface area contributed by atoms with E-state index in [0.29, 0.717) is 0 Å². The second kappa shape index (κ2) is 10.6. The van der Waals surface area contributed by atoms with Crippen LogP contribution in [0.15, 0.2) is 42.0 Å². The fourth-order valence-corrected chi connectivity index (χ4v) is 2.28. The Hall–Kier alpha value is -0.0857. The molecule has 1 aliphatic rings. The Balaban J connectivity index is 0. The van der Waals surface area contributed by atoms with Gasteiger partial charge in [0.05, 0.1) is 6.61 Å². The maximum absolute atomic E-state index is 9.39. The van der Waals surface area contributed by atoms with Crippen LogP contribution in [-0.2, 0) is 28.3 Å².